The Morgan fingerprint density at radius 3 is 2.57 bits per heavy atom. The van der Waals surface area contributed by atoms with Crippen molar-refractivity contribution in [2.75, 3.05) is 37.6 Å². The fraction of sp³-hybridized carbons (Fsp3) is 0.733. The Hall–Kier alpha value is -1.40. The second-order valence-electron chi connectivity index (χ2n) is 5.57. The third-order valence-electron chi connectivity index (χ3n) is 4.23. The minimum Gasteiger partial charge on any atom is -0.349 e. The van der Waals surface area contributed by atoms with E-state index in [2.05, 4.69) is 28.6 Å². The molecule has 0 aliphatic carbocycles. The fourth-order valence-corrected chi connectivity index (χ4v) is 2.94. The molecular weight excluding hydrogens is 266 g/mol. The lowest BCUT2D eigenvalue weighted by atomic mass is 10.1. The van der Waals surface area contributed by atoms with Crippen molar-refractivity contribution in [1.29, 1.82) is 0 Å². The van der Waals surface area contributed by atoms with Crippen LogP contribution in [0.2, 0.25) is 0 Å². The van der Waals surface area contributed by atoms with Gasteiger partial charge in [-0.1, -0.05) is 13.8 Å². The van der Waals surface area contributed by atoms with Crippen LogP contribution in [0.4, 0.5) is 5.82 Å². The molecule has 1 atom stereocenters. The van der Waals surface area contributed by atoms with Gasteiger partial charge in [-0.3, -0.25) is 9.69 Å². The first-order valence-electron chi connectivity index (χ1n) is 7.95. The number of anilines is 1. The van der Waals surface area contributed by atoms with E-state index in [-0.39, 0.29) is 5.56 Å². The average molecular weight is 293 g/mol. The number of hydrogen-bond acceptors (Lipinski definition) is 5. The summed E-state index contributed by atoms with van der Waals surface area (Å²) in [6.07, 6.45) is 5.52. The summed E-state index contributed by atoms with van der Waals surface area (Å²) in [6, 6.07) is 0.452. The number of nitrogens with two attached hydrogens (primary N) is 1. The second-order valence-corrected chi connectivity index (χ2v) is 5.57. The van der Waals surface area contributed by atoms with Crippen molar-refractivity contribution in [3.63, 3.8) is 0 Å². The third kappa shape index (κ3) is 3.63. The molecule has 1 aliphatic rings. The van der Waals surface area contributed by atoms with E-state index >= 15 is 0 Å². The Morgan fingerprint density at radius 2 is 2.00 bits per heavy atom. The van der Waals surface area contributed by atoms with Crippen LogP contribution in [-0.2, 0) is 6.54 Å². The summed E-state index contributed by atoms with van der Waals surface area (Å²) in [5, 5.41) is 0. The van der Waals surface area contributed by atoms with Crippen LogP contribution in [0.15, 0.2) is 17.2 Å². The van der Waals surface area contributed by atoms with Crippen molar-refractivity contribution >= 4 is 5.82 Å². The van der Waals surface area contributed by atoms with Crippen LogP contribution >= 0.6 is 0 Å². The fourth-order valence-electron chi connectivity index (χ4n) is 2.94. The van der Waals surface area contributed by atoms with E-state index in [9.17, 15) is 4.79 Å². The van der Waals surface area contributed by atoms with Crippen molar-refractivity contribution in [3.05, 3.63) is 22.7 Å². The Bertz CT molecular complexity index is 489. The van der Waals surface area contributed by atoms with Gasteiger partial charge < -0.3 is 15.2 Å². The van der Waals surface area contributed by atoms with E-state index in [1.165, 1.54) is 0 Å². The standard InChI is InChI=1S/C15H27N5O/c1-3-6-20-7-5-17-14(15(20)21)19-10-8-18(9-11-19)13(4-2)12-16/h5,7,13H,3-4,6,8-12,16H2,1-2H3. The van der Waals surface area contributed by atoms with Gasteiger partial charge in [0, 0.05) is 57.7 Å². The Kier molecular flexibility index (Phi) is 5.76. The zero-order valence-electron chi connectivity index (χ0n) is 13.2. The highest BCUT2D eigenvalue weighted by molar-refractivity contribution is 5.36. The number of piperazine rings is 1. The van der Waals surface area contributed by atoms with Gasteiger partial charge in [0.2, 0.25) is 0 Å². The lowest BCUT2D eigenvalue weighted by molar-refractivity contribution is 0.184. The molecule has 6 nitrogen and oxygen atoms in total. The summed E-state index contributed by atoms with van der Waals surface area (Å²) in [5.41, 5.74) is 5.84. The van der Waals surface area contributed by atoms with Crippen LogP contribution in [0.25, 0.3) is 0 Å². The molecule has 21 heavy (non-hydrogen) atoms. The monoisotopic (exact) mass is 293 g/mol. The molecule has 2 N–H and O–H groups in total. The summed E-state index contributed by atoms with van der Waals surface area (Å²) in [6.45, 7) is 9.26. The van der Waals surface area contributed by atoms with Gasteiger partial charge >= 0.3 is 0 Å². The van der Waals surface area contributed by atoms with Crippen molar-refractivity contribution in [1.82, 2.24) is 14.5 Å². The first-order chi connectivity index (χ1) is 10.2. The van der Waals surface area contributed by atoms with Gasteiger partial charge in [0.05, 0.1) is 0 Å². The van der Waals surface area contributed by atoms with Gasteiger partial charge in [0.25, 0.3) is 5.56 Å². The molecule has 2 rings (SSSR count). The normalized spacial score (nSPS) is 18.0. The maximum absolute atomic E-state index is 12.4. The average Bonchev–Trinajstić information content (AvgIpc) is 2.52. The molecule has 118 valence electrons. The molecule has 0 aromatic carbocycles. The molecule has 1 unspecified atom stereocenters. The van der Waals surface area contributed by atoms with Crippen molar-refractivity contribution in [2.24, 2.45) is 5.73 Å². The van der Waals surface area contributed by atoms with Crippen molar-refractivity contribution in [3.8, 4) is 0 Å². The molecule has 0 bridgehead atoms. The predicted molar refractivity (Wildman–Crippen MR) is 85.7 cm³/mol. The molecule has 2 heterocycles. The number of aromatic nitrogens is 2. The van der Waals surface area contributed by atoms with Gasteiger partial charge in [0.15, 0.2) is 5.82 Å². The van der Waals surface area contributed by atoms with Crippen LogP contribution in [0, 0.1) is 0 Å². The molecule has 1 aromatic rings. The minimum absolute atomic E-state index is 0.0265. The zero-order valence-corrected chi connectivity index (χ0v) is 13.2. The highest BCUT2D eigenvalue weighted by Crippen LogP contribution is 2.12. The number of hydrogen-bond donors (Lipinski definition) is 1. The molecule has 1 saturated heterocycles. The molecule has 1 fully saturated rings. The lowest BCUT2D eigenvalue weighted by Gasteiger charge is -2.38. The summed E-state index contributed by atoms with van der Waals surface area (Å²) in [7, 11) is 0. The van der Waals surface area contributed by atoms with Crippen LogP contribution in [-0.4, -0.2) is 53.2 Å². The number of nitrogens with zero attached hydrogens (tertiary/aromatic N) is 4. The summed E-state index contributed by atoms with van der Waals surface area (Å²) in [4.78, 5) is 21.2. The van der Waals surface area contributed by atoms with Crippen LogP contribution < -0.4 is 16.2 Å². The SMILES string of the molecule is CCCn1ccnc(N2CCN(C(CC)CN)CC2)c1=O. The smallest absolute Gasteiger partial charge is 0.293 e. The van der Waals surface area contributed by atoms with Gasteiger partial charge in [-0.25, -0.2) is 4.98 Å². The quantitative estimate of drug-likeness (QED) is 0.828. The predicted octanol–water partition coefficient (Wildman–Crippen LogP) is 0.513. The summed E-state index contributed by atoms with van der Waals surface area (Å²) in [5.74, 6) is 0.589. The van der Waals surface area contributed by atoms with E-state index < -0.39 is 0 Å². The van der Waals surface area contributed by atoms with Crippen LogP contribution in [0.1, 0.15) is 26.7 Å². The molecule has 1 aliphatic heterocycles. The molecule has 0 amide bonds. The van der Waals surface area contributed by atoms with E-state index in [0.29, 0.717) is 18.4 Å². The van der Waals surface area contributed by atoms with Gasteiger partial charge in [0.1, 0.15) is 0 Å². The van der Waals surface area contributed by atoms with Crippen LogP contribution in [0.3, 0.4) is 0 Å². The van der Waals surface area contributed by atoms with Gasteiger partial charge in [-0.05, 0) is 12.8 Å². The maximum atomic E-state index is 12.4. The maximum Gasteiger partial charge on any atom is 0.293 e. The molecule has 0 radical (unpaired) electrons. The van der Waals surface area contributed by atoms with E-state index in [1.807, 2.05) is 0 Å². The molecule has 1 aromatic heterocycles. The number of rotatable bonds is 6. The van der Waals surface area contributed by atoms with Crippen molar-refractivity contribution in [2.45, 2.75) is 39.3 Å². The van der Waals surface area contributed by atoms with Crippen molar-refractivity contribution < 1.29 is 0 Å². The first-order valence-corrected chi connectivity index (χ1v) is 7.95. The molecule has 6 heteroatoms. The Balaban J connectivity index is 2.06. The highest BCUT2D eigenvalue weighted by atomic mass is 16.1. The largest absolute Gasteiger partial charge is 0.349 e. The topological polar surface area (TPSA) is 67.4 Å². The molecule has 0 saturated carbocycles. The summed E-state index contributed by atoms with van der Waals surface area (Å²) < 4.78 is 1.75. The first kappa shape index (κ1) is 16.0. The van der Waals surface area contributed by atoms with E-state index in [1.54, 1.807) is 17.0 Å². The van der Waals surface area contributed by atoms with Gasteiger partial charge in [-0.2, -0.15) is 0 Å². The zero-order chi connectivity index (χ0) is 15.2. The van der Waals surface area contributed by atoms with E-state index in [4.69, 9.17) is 5.73 Å². The molecule has 0 spiro atoms. The van der Waals surface area contributed by atoms with Gasteiger partial charge in [-0.15, -0.1) is 0 Å². The Labute approximate surface area is 126 Å². The highest BCUT2D eigenvalue weighted by Gasteiger charge is 2.24. The lowest BCUT2D eigenvalue weighted by Crippen LogP contribution is -2.53. The molecular formula is C15H27N5O. The van der Waals surface area contributed by atoms with Crippen LogP contribution in [0.5, 0.6) is 0 Å². The summed E-state index contributed by atoms with van der Waals surface area (Å²) >= 11 is 0. The van der Waals surface area contributed by atoms with E-state index in [0.717, 1.165) is 45.6 Å². The Morgan fingerprint density at radius 1 is 1.29 bits per heavy atom. The second kappa shape index (κ2) is 7.56. The third-order valence-corrected chi connectivity index (χ3v) is 4.23. The minimum atomic E-state index is 0.0265. The number of aryl methyl sites for hydroxylation is 1.